The van der Waals surface area contributed by atoms with Gasteiger partial charge in [0.1, 0.15) is 0 Å². The van der Waals surface area contributed by atoms with Gasteiger partial charge in [-0.2, -0.15) is 0 Å². The molecule has 0 unspecified atom stereocenters. The number of furan rings is 1. The molecule has 2 aliphatic rings. The van der Waals surface area contributed by atoms with Crippen LogP contribution in [0.25, 0.3) is 0 Å². The number of piperidine rings is 1. The van der Waals surface area contributed by atoms with Gasteiger partial charge in [0, 0.05) is 25.2 Å². The molecule has 0 bridgehead atoms. The quantitative estimate of drug-likeness (QED) is 0.763. The van der Waals surface area contributed by atoms with Crippen LogP contribution < -0.4 is 0 Å². The minimum absolute atomic E-state index is 0.0000709. The minimum Gasteiger partial charge on any atom is -0.459 e. The topological polar surface area (TPSA) is 45.9 Å². The lowest BCUT2D eigenvalue weighted by Crippen LogP contribution is -2.59. The van der Waals surface area contributed by atoms with Gasteiger partial charge in [-0.3, -0.25) is 9.69 Å². The Bertz CT molecular complexity index is 471. The minimum atomic E-state index is -0.0000709. The summed E-state index contributed by atoms with van der Waals surface area (Å²) >= 11 is 0. The van der Waals surface area contributed by atoms with Crippen molar-refractivity contribution < 1.29 is 13.9 Å². The number of carbonyl (C=O) groups excluding carboxylic acids is 1. The van der Waals surface area contributed by atoms with Crippen molar-refractivity contribution >= 4 is 5.91 Å². The van der Waals surface area contributed by atoms with E-state index in [9.17, 15) is 4.79 Å². The molecule has 1 aromatic rings. The van der Waals surface area contributed by atoms with E-state index >= 15 is 0 Å². The molecule has 2 saturated heterocycles. The molecule has 3 rings (SSSR count). The molecule has 5 heteroatoms. The SMILES string of the molecule is Cc1ccoc1C(=O)N1CC[C@H]2OCCN(C)[C@@H]2C1. The fraction of sp³-hybridized carbons (Fsp3) is 0.643. The van der Waals surface area contributed by atoms with E-state index in [-0.39, 0.29) is 12.0 Å². The van der Waals surface area contributed by atoms with E-state index in [1.54, 1.807) is 6.26 Å². The van der Waals surface area contributed by atoms with Gasteiger partial charge in [-0.25, -0.2) is 0 Å². The molecule has 0 aromatic carbocycles. The molecule has 0 radical (unpaired) electrons. The lowest BCUT2D eigenvalue weighted by atomic mass is 9.99. The Hall–Kier alpha value is -1.33. The third kappa shape index (κ3) is 2.28. The van der Waals surface area contributed by atoms with E-state index in [1.807, 2.05) is 17.9 Å². The number of morpholine rings is 1. The summed E-state index contributed by atoms with van der Waals surface area (Å²) in [7, 11) is 2.10. The number of rotatable bonds is 1. The molecule has 5 nitrogen and oxygen atoms in total. The van der Waals surface area contributed by atoms with Gasteiger partial charge in [0.2, 0.25) is 0 Å². The van der Waals surface area contributed by atoms with E-state index in [4.69, 9.17) is 9.15 Å². The maximum atomic E-state index is 12.4. The van der Waals surface area contributed by atoms with Crippen molar-refractivity contribution in [3.8, 4) is 0 Å². The third-order valence-electron chi connectivity index (χ3n) is 4.21. The normalized spacial score (nSPS) is 28.2. The third-order valence-corrected chi connectivity index (χ3v) is 4.21. The predicted molar refractivity (Wildman–Crippen MR) is 70.1 cm³/mol. The Kier molecular flexibility index (Phi) is 3.33. The van der Waals surface area contributed by atoms with Crippen LogP contribution in [0.5, 0.6) is 0 Å². The fourth-order valence-corrected chi connectivity index (χ4v) is 2.96. The van der Waals surface area contributed by atoms with Gasteiger partial charge in [-0.15, -0.1) is 0 Å². The number of nitrogens with zero attached hydrogens (tertiary/aromatic N) is 2. The van der Waals surface area contributed by atoms with Gasteiger partial charge >= 0.3 is 0 Å². The summed E-state index contributed by atoms with van der Waals surface area (Å²) in [6.07, 6.45) is 2.74. The van der Waals surface area contributed by atoms with Crippen LogP contribution >= 0.6 is 0 Å². The van der Waals surface area contributed by atoms with E-state index in [0.717, 1.165) is 38.2 Å². The van der Waals surface area contributed by atoms with Crippen LogP contribution in [0.15, 0.2) is 16.7 Å². The van der Waals surface area contributed by atoms with Crippen LogP contribution in [-0.2, 0) is 4.74 Å². The number of hydrogen-bond donors (Lipinski definition) is 0. The zero-order valence-electron chi connectivity index (χ0n) is 11.5. The zero-order valence-corrected chi connectivity index (χ0v) is 11.5. The van der Waals surface area contributed by atoms with Crippen LogP contribution in [0.2, 0.25) is 0 Å². The predicted octanol–water partition coefficient (Wildman–Crippen LogP) is 1.13. The number of carbonyl (C=O) groups is 1. The van der Waals surface area contributed by atoms with Crippen molar-refractivity contribution in [1.82, 2.24) is 9.80 Å². The molecular weight excluding hydrogens is 244 g/mol. The first-order chi connectivity index (χ1) is 9.16. The smallest absolute Gasteiger partial charge is 0.289 e. The Balaban J connectivity index is 1.73. The monoisotopic (exact) mass is 264 g/mol. The van der Waals surface area contributed by atoms with Crippen molar-refractivity contribution in [3.63, 3.8) is 0 Å². The summed E-state index contributed by atoms with van der Waals surface area (Å²) < 4.78 is 11.1. The summed E-state index contributed by atoms with van der Waals surface area (Å²) in [5, 5.41) is 0. The second-order valence-electron chi connectivity index (χ2n) is 5.43. The number of hydrogen-bond acceptors (Lipinski definition) is 4. The Morgan fingerprint density at radius 2 is 2.26 bits per heavy atom. The average molecular weight is 264 g/mol. The molecule has 104 valence electrons. The maximum Gasteiger partial charge on any atom is 0.289 e. The van der Waals surface area contributed by atoms with Crippen molar-refractivity contribution in [2.24, 2.45) is 0 Å². The highest BCUT2D eigenvalue weighted by atomic mass is 16.5. The van der Waals surface area contributed by atoms with Gasteiger partial charge in [0.25, 0.3) is 5.91 Å². The van der Waals surface area contributed by atoms with Crippen molar-refractivity contribution in [2.75, 3.05) is 33.3 Å². The summed E-state index contributed by atoms with van der Waals surface area (Å²) in [5.41, 5.74) is 0.903. The Labute approximate surface area is 113 Å². The molecule has 0 N–H and O–H groups in total. The van der Waals surface area contributed by atoms with Gasteiger partial charge in [-0.05, 0) is 26.5 Å². The molecule has 0 spiro atoms. The number of fused-ring (bicyclic) bond motifs is 1. The zero-order chi connectivity index (χ0) is 13.4. The van der Waals surface area contributed by atoms with Gasteiger partial charge in [-0.1, -0.05) is 0 Å². The fourth-order valence-electron chi connectivity index (χ4n) is 2.96. The van der Waals surface area contributed by atoms with E-state index < -0.39 is 0 Å². The summed E-state index contributed by atoms with van der Waals surface area (Å²) in [6.45, 7) is 5.10. The molecule has 2 aliphatic heterocycles. The molecule has 0 saturated carbocycles. The number of ether oxygens (including phenoxy) is 1. The lowest BCUT2D eigenvalue weighted by Gasteiger charge is -2.45. The van der Waals surface area contributed by atoms with Crippen LogP contribution in [0.3, 0.4) is 0 Å². The van der Waals surface area contributed by atoms with E-state index in [1.165, 1.54) is 0 Å². The average Bonchev–Trinajstić information content (AvgIpc) is 2.84. The van der Waals surface area contributed by atoms with Crippen molar-refractivity contribution in [1.29, 1.82) is 0 Å². The first-order valence-electron chi connectivity index (χ1n) is 6.82. The molecule has 1 aromatic heterocycles. The molecular formula is C14H20N2O3. The molecule has 3 heterocycles. The van der Waals surface area contributed by atoms with Crippen LogP contribution in [0.1, 0.15) is 22.5 Å². The van der Waals surface area contributed by atoms with Crippen LogP contribution in [0.4, 0.5) is 0 Å². The number of aryl methyl sites for hydroxylation is 1. The lowest BCUT2D eigenvalue weighted by molar-refractivity contribution is -0.0896. The molecule has 2 atom stereocenters. The van der Waals surface area contributed by atoms with Gasteiger partial charge < -0.3 is 14.1 Å². The summed E-state index contributed by atoms with van der Waals surface area (Å²) in [6, 6.07) is 2.14. The largest absolute Gasteiger partial charge is 0.459 e. The van der Waals surface area contributed by atoms with Crippen molar-refractivity contribution in [2.45, 2.75) is 25.5 Å². The highest BCUT2D eigenvalue weighted by molar-refractivity contribution is 5.92. The Morgan fingerprint density at radius 3 is 3.00 bits per heavy atom. The second kappa shape index (κ2) is 4.98. The molecule has 2 fully saturated rings. The first kappa shape index (κ1) is 12.7. The molecule has 0 aliphatic carbocycles. The highest BCUT2D eigenvalue weighted by Crippen LogP contribution is 2.23. The standard InChI is InChI=1S/C14H20N2O3/c1-10-4-7-19-13(10)14(17)16-5-3-12-11(9-16)15(2)6-8-18-12/h4,7,11-12H,3,5-6,8-9H2,1-2H3/t11-,12-/m1/s1. The Morgan fingerprint density at radius 1 is 1.42 bits per heavy atom. The van der Waals surface area contributed by atoms with E-state index in [0.29, 0.717) is 11.8 Å². The van der Waals surface area contributed by atoms with Crippen LogP contribution in [-0.4, -0.2) is 61.1 Å². The summed E-state index contributed by atoms with van der Waals surface area (Å²) in [4.78, 5) is 16.6. The molecule has 1 amide bonds. The second-order valence-corrected chi connectivity index (χ2v) is 5.43. The number of likely N-dealkylation sites (N-methyl/N-ethyl adjacent to an activating group) is 1. The molecule has 19 heavy (non-hydrogen) atoms. The van der Waals surface area contributed by atoms with Gasteiger partial charge in [0.05, 0.1) is 25.0 Å². The first-order valence-corrected chi connectivity index (χ1v) is 6.82. The summed E-state index contributed by atoms with van der Waals surface area (Å²) in [5.74, 6) is 0.470. The number of likely N-dealkylation sites (tertiary alicyclic amines) is 1. The highest BCUT2D eigenvalue weighted by Gasteiger charge is 2.37. The van der Waals surface area contributed by atoms with Gasteiger partial charge in [0.15, 0.2) is 5.76 Å². The maximum absolute atomic E-state index is 12.4. The van der Waals surface area contributed by atoms with Crippen LogP contribution in [0, 0.1) is 6.92 Å². The van der Waals surface area contributed by atoms with E-state index in [2.05, 4.69) is 11.9 Å². The van der Waals surface area contributed by atoms with Crippen molar-refractivity contribution in [3.05, 3.63) is 23.7 Å². The number of amides is 1.